The van der Waals surface area contributed by atoms with Crippen LogP contribution in [0, 0.1) is 12.7 Å². The van der Waals surface area contributed by atoms with Gasteiger partial charge in [-0.3, -0.25) is 5.32 Å². The van der Waals surface area contributed by atoms with Crippen molar-refractivity contribution in [2.24, 2.45) is 0 Å². The number of nitrogens with zero attached hydrogens (tertiary/aromatic N) is 4. The number of carbonyl (C=O) groups excluding carboxylic acids is 1. The zero-order valence-electron chi connectivity index (χ0n) is 17.1. The Balaban J connectivity index is 1.71. The van der Waals surface area contributed by atoms with E-state index < -0.39 is 0 Å². The molecule has 2 amide bonds. The Kier molecular flexibility index (Phi) is 6.11. The molecule has 7 nitrogen and oxygen atoms in total. The summed E-state index contributed by atoms with van der Waals surface area (Å²) in [5, 5.41) is 3.10. The van der Waals surface area contributed by atoms with Gasteiger partial charge < -0.3 is 9.64 Å². The molecule has 1 N–H and O–H groups in total. The second-order valence-corrected chi connectivity index (χ2v) is 7.73. The molecule has 1 atom stereocenters. The average molecular weight is 442 g/mol. The van der Waals surface area contributed by atoms with Gasteiger partial charge in [0.25, 0.3) is 0 Å². The smallest absolute Gasteiger partial charge is 0.324 e. The van der Waals surface area contributed by atoms with Crippen LogP contribution in [0.4, 0.5) is 15.1 Å². The van der Waals surface area contributed by atoms with E-state index in [1.54, 1.807) is 29.3 Å². The van der Waals surface area contributed by atoms with Gasteiger partial charge in [-0.25, -0.2) is 24.1 Å². The predicted molar refractivity (Wildman–Crippen MR) is 116 cm³/mol. The van der Waals surface area contributed by atoms with E-state index in [0.29, 0.717) is 41.7 Å². The van der Waals surface area contributed by atoms with Crippen LogP contribution in [0.25, 0.3) is 22.4 Å². The van der Waals surface area contributed by atoms with E-state index in [1.807, 2.05) is 19.9 Å². The Morgan fingerprint density at radius 2 is 2.00 bits per heavy atom. The third-order valence-corrected chi connectivity index (χ3v) is 5.08. The van der Waals surface area contributed by atoms with Gasteiger partial charge in [0, 0.05) is 36.1 Å². The quantitative estimate of drug-likeness (QED) is 0.603. The molecule has 3 aromatic rings. The van der Waals surface area contributed by atoms with Gasteiger partial charge in [-0.15, -0.1) is 0 Å². The number of nitrogens with one attached hydrogen (secondary N) is 1. The van der Waals surface area contributed by atoms with E-state index in [4.69, 9.17) is 16.3 Å². The van der Waals surface area contributed by atoms with Crippen LogP contribution in [0.1, 0.15) is 12.6 Å². The molecule has 1 aromatic carbocycles. The van der Waals surface area contributed by atoms with E-state index in [1.165, 1.54) is 12.1 Å². The molecule has 2 aromatic heterocycles. The normalized spacial score (nSPS) is 16.3. The first-order valence-electron chi connectivity index (χ1n) is 9.84. The van der Waals surface area contributed by atoms with Crippen LogP contribution in [0.5, 0.6) is 0 Å². The second kappa shape index (κ2) is 8.95. The lowest BCUT2D eigenvalue weighted by Crippen LogP contribution is -2.46. The largest absolute Gasteiger partial charge is 0.375 e. The van der Waals surface area contributed by atoms with Gasteiger partial charge in [0.15, 0.2) is 0 Å². The number of benzene rings is 1. The van der Waals surface area contributed by atoms with Crippen molar-refractivity contribution in [1.29, 1.82) is 0 Å². The van der Waals surface area contributed by atoms with Gasteiger partial charge in [-0.1, -0.05) is 11.6 Å². The fourth-order valence-electron chi connectivity index (χ4n) is 3.44. The second-order valence-electron chi connectivity index (χ2n) is 7.34. The zero-order chi connectivity index (χ0) is 22.0. The highest BCUT2D eigenvalue weighted by Crippen LogP contribution is 2.32. The summed E-state index contributed by atoms with van der Waals surface area (Å²) in [4.78, 5) is 27.4. The molecule has 1 saturated heterocycles. The number of halogens is 2. The number of rotatable bonds is 3. The average Bonchev–Trinajstić information content (AvgIpc) is 2.73. The number of aryl methyl sites for hydroxylation is 1. The van der Waals surface area contributed by atoms with Crippen molar-refractivity contribution in [3.63, 3.8) is 0 Å². The van der Waals surface area contributed by atoms with Crippen LogP contribution >= 0.6 is 11.6 Å². The lowest BCUT2D eigenvalue weighted by Gasteiger charge is -2.30. The number of pyridine rings is 1. The molecule has 0 bridgehead atoms. The molecule has 1 fully saturated rings. The van der Waals surface area contributed by atoms with E-state index in [-0.39, 0.29) is 23.9 Å². The Morgan fingerprint density at radius 3 is 2.71 bits per heavy atom. The Hall–Kier alpha value is -3.10. The Morgan fingerprint density at radius 1 is 1.23 bits per heavy atom. The van der Waals surface area contributed by atoms with Crippen molar-refractivity contribution in [3.05, 3.63) is 59.3 Å². The van der Waals surface area contributed by atoms with Gasteiger partial charge in [-0.2, -0.15) is 0 Å². The first kappa shape index (κ1) is 21.1. The molecule has 0 aliphatic carbocycles. The molecule has 160 valence electrons. The number of anilines is 1. The van der Waals surface area contributed by atoms with E-state index in [0.717, 1.165) is 11.3 Å². The summed E-state index contributed by atoms with van der Waals surface area (Å²) in [6.07, 6.45) is 1.59. The highest BCUT2D eigenvalue weighted by molar-refractivity contribution is 6.29. The monoisotopic (exact) mass is 441 g/mol. The summed E-state index contributed by atoms with van der Waals surface area (Å²) in [5.74, 6) is -0.193. The van der Waals surface area contributed by atoms with Gasteiger partial charge >= 0.3 is 6.03 Å². The summed E-state index contributed by atoms with van der Waals surface area (Å²) in [7, 11) is 0. The third-order valence-electron chi connectivity index (χ3n) is 4.89. The number of ether oxygens (including phenoxy) is 1. The minimum Gasteiger partial charge on any atom is -0.375 e. The summed E-state index contributed by atoms with van der Waals surface area (Å²) in [6.45, 7) is 5.22. The molecular formula is C22H21ClFN5O2. The topological polar surface area (TPSA) is 80.2 Å². The lowest BCUT2D eigenvalue weighted by atomic mass is 10.0. The molecule has 31 heavy (non-hydrogen) atoms. The fourth-order valence-corrected chi connectivity index (χ4v) is 3.69. The zero-order valence-corrected chi connectivity index (χ0v) is 17.9. The highest BCUT2D eigenvalue weighted by atomic mass is 35.5. The standard InChI is InChI=1S/C22H21ClFN5O2/c1-13-9-16(10-19(23)26-13)18-11-25-21(27-20(18)15-3-5-17(24)6-4-15)28-22(30)29-7-8-31-14(2)12-29/h3-6,9-11,14H,7-8,12H2,1-2H3,(H,25,27,28,30)/t14-/m1/s1. The number of carbonyl (C=O) groups is 1. The maximum Gasteiger partial charge on any atom is 0.324 e. The van der Waals surface area contributed by atoms with Crippen molar-refractivity contribution in [2.75, 3.05) is 25.0 Å². The number of urea groups is 1. The number of morpholine rings is 1. The summed E-state index contributed by atoms with van der Waals surface area (Å²) in [5.41, 5.74) is 3.43. The van der Waals surface area contributed by atoms with Gasteiger partial charge in [0.2, 0.25) is 5.95 Å². The van der Waals surface area contributed by atoms with Crippen LogP contribution in [0.2, 0.25) is 5.15 Å². The first-order chi connectivity index (χ1) is 14.9. The van der Waals surface area contributed by atoms with Crippen LogP contribution in [0.15, 0.2) is 42.6 Å². The SMILES string of the molecule is Cc1cc(-c2cnc(NC(=O)N3CCO[C@H](C)C3)nc2-c2ccc(F)cc2)cc(Cl)n1. The van der Waals surface area contributed by atoms with Crippen LogP contribution in [-0.2, 0) is 4.74 Å². The van der Waals surface area contributed by atoms with Gasteiger partial charge in [-0.05, 0) is 55.8 Å². The molecule has 1 aliphatic rings. The van der Waals surface area contributed by atoms with E-state index in [2.05, 4.69) is 20.3 Å². The summed E-state index contributed by atoms with van der Waals surface area (Å²) in [6, 6.07) is 9.27. The number of hydrogen-bond acceptors (Lipinski definition) is 5. The lowest BCUT2D eigenvalue weighted by molar-refractivity contribution is -0.00141. The number of amides is 2. The maximum atomic E-state index is 13.5. The number of hydrogen-bond donors (Lipinski definition) is 1. The first-order valence-corrected chi connectivity index (χ1v) is 10.2. The molecule has 1 aliphatic heterocycles. The molecule has 3 heterocycles. The van der Waals surface area contributed by atoms with Crippen molar-refractivity contribution in [2.45, 2.75) is 20.0 Å². The van der Waals surface area contributed by atoms with Crippen LogP contribution in [0.3, 0.4) is 0 Å². The summed E-state index contributed by atoms with van der Waals surface area (Å²) < 4.78 is 19.0. The highest BCUT2D eigenvalue weighted by Gasteiger charge is 2.22. The Bertz CT molecular complexity index is 1090. The minimum absolute atomic E-state index is 0.0303. The molecule has 4 rings (SSSR count). The van der Waals surface area contributed by atoms with Crippen LogP contribution in [-0.4, -0.2) is 51.7 Å². The number of aromatic nitrogens is 3. The molecule has 0 unspecified atom stereocenters. The van der Waals surface area contributed by atoms with Gasteiger partial charge in [0.05, 0.1) is 18.4 Å². The van der Waals surface area contributed by atoms with E-state index >= 15 is 0 Å². The fraction of sp³-hybridized carbons (Fsp3) is 0.273. The summed E-state index contributed by atoms with van der Waals surface area (Å²) >= 11 is 6.14. The Labute approximate surface area is 184 Å². The molecule has 0 radical (unpaired) electrons. The molecule has 9 heteroatoms. The molecule has 0 spiro atoms. The molecule has 0 saturated carbocycles. The van der Waals surface area contributed by atoms with Crippen LogP contribution < -0.4 is 5.32 Å². The van der Waals surface area contributed by atoms with E-state index in [9.17, 15) is 9.18 Å². The predicted octanol–water partition coefficient (Wildman–Crippen LogP) is 4.56. The van der Waals surface area contributed by atoms with Crippen molar-refractivity contribution in [1.82, 2.24) is 19.9 Å². The minimum atomic E-state index is -0.350. The van der Waals surface area contributed by atoms with Gasteiger partial charge in [0.1, 0.15) is 11.0 Å². The maximum absolute atomic E-state index is 13.5. The van der Waals surface area contributed by atoms with Crippen molar-refractivity contribution < 1.29 is 13.9 Å². The van der Waals surface area contributed by atoms with Crippen molar-refractivity contribution in [3.8, 4) is 22.4 Å². The molecular weight excluding hydrogens is 421 g/mol. The van der Waals surface area contributed by atoms with Crippen molar-refractivity contribution >= 4 is 23.6 Å². The third kappa shape index (κ3) is 4.98.